The molecule has 1 aliphatic rings. The summed E-state index contributed by atoms with van der Waals surface area (Å²) in [5.74, 6) is 0.390. The second-order valence-corrected chi connectivity index (χ2v) is 4.29. The summed E-state index contributed by atoms with van der Waals surface area (Å²) in [7, 11) is 0. The first-order valence-electron chi connectivity index (χ1n) is 5.75. The average molecular weight is 235 g/mol. The van der Waals surface area contributed by atoms with E-state index in [1.807, 2.05) is 53.2 Å². The molecule has 0 bridgehead atoms. The molecule has 86 valence electrons. The van der Waals surface area contributed by atoms with E-state index in [2.05, 4.69) is 0 Å². The number of ketones is 1. The topological polar surface area (TPSA) is 35.1 Å². The molecule has 3 nitrogen and oxygen atoms in total. The maximum atomic E-state index is 12.1. The lowest BCUT2D eigenvalue weighted by Crippen LogP contribution is -1.94. The molecule has 2 aromatic heterocycles. The van der Waals surface area contributed by atoms with Gasteiger partial charge in [-0.2, -0.15) is 0 Å². The molecule has 0 saturated carbocycles. The van der Waals surface area contributed by atoms with Gasteiger partial charge in [-0.3, -0.25) is 4.79 Å². The van der Waals surface area contributed by atoms with E-state index in [1.165, 1.54) is 0 Å². The standard InChI is InChI=1S/C15H9NO2/c17-14-12-7-4-8-16(12)13-11(9-18-15(13)14)10-5-2-1-3-6-10/h1-9H. The van der Waals surface area contributed by atoms with Crippen molar-refractivity contribution < 1.29 is 9.21 Å². The highest BCUT2D eigenvalue weighted by molar-refractivity contribution is 6.13. The SMILES string of the molecule is O=C1c2occ(-c3ccccc3)c2-n2cccc21. The van der Waals surface area contributed by atoms with Gasteiger partial charge in [-0.05, 0) is 17.7 Å². The Morgan fingerprint density at radius 3 is 2.67 bits per heavy atom. The van der Waals surface area contributed by atoms with Crippen molar-refractivity contribution in [3.05, 3.63) is 66.4 Å². The molecule has 0 saturated heterocycles. The van der Waals surface area contributed by atoms with Crippen LogP contribution in [0.2, 0.25) is 0 Å². The minimum atomic E-state index is -0.0443. The summed E-state index contributed by atoms with van der Waals surface area (Å²) in [5.41, 5.74) is 3.53. The first kappa shape index (κ1) is 9.48. The van der Waals surface area contributed by atoms with Crippen LogP contribution in [0.15, 0.2) is 59.3 Å². The third-order valence-corrected chi connectivity index (χ3v) is 3.28. The van der Waals surface area contributed by atoms with Crippen LogP contribution in [0, 0.1) is 0 Å². The largest absolute Gasteiger partial charge is 0.458 e. The fourth-order valence-corrected chi connectivity index (χ4v) is 2.45. The number of fused-ring (bicyclic) bond motifs is 3. The molecule has 0 N–H and O–H groups in total. The maximum absolute atomic E-state index is 12.1. The Morgan fingerprint density at radius 1 is 1.00 bits per heavy atom. The van der Waals surface area contributed by atoms with Crippen LogP contribution in [0.25, 0.3) is 16.8 Å². The molecule has 3 heteroatoms. The predicted octanol–water partition coefficient (Wildman–Crippen LogP) is 3.28. The zero-order chi connectivity index (χ0) is 12.1. The van der Waals surface area contributed by atoms with Crippen molar-refractivity contribution in [2.45, 2.75) is 0 Å². The summed E-state index contributed by atoms with van der Waals surface area (Å²) in [6, 6.07) is 13.6. The Bertz CT molecular complexity index is 750. The molecule has 0 amide bonds. The molecule has 3 heterocycles. The highest BCUT2D eigenvalue weighted by atomic mass is 16.3. The number of carbonyl (C=O) groups is 1. The number of rotatable bonds is 1. The van der Waals surface area contributed by atoms with Crippen LogP contribution in [0.3, 0.4) is 0 Å². The van der Waals surface area contributed by atoms with Gasteiger partial charge in [-0.25, -0.2) is 0 Å². The number of aromatic nitrogens is 1. The third kappa shape index (κ3) is 1.06. The quantitative estimate of drug-likeness (QED) is 0.507. The Kier molecular flexibility index (Phi) is 1.70. The van der Waals surface area contributed by atoms with E-state index in [-0.39, 0.29) is 5.78 Å². The lowest BCUT2D eigenvalue weighted by Gasteiger charge is -2.02. The lowest BCUT2D eigenvalue weighted by atomic mass is 10.1. The zero-order valence-corrected chi connectivity index (χ0v) is 9.46. The van der Waals surface area contributed by atoms with Gasteiger partial charge in [0.15, 0.2) is 0 Å². The average Bonchev–Trinajstić information content (AvgIpc) is 3.08. The molecular weight excluding hydrogens is 226 g/mol. The lowest BCUT2D eigenvalue weighted by molar-refractivity contribution is 0.101. The predicted molar refractivity (Wildman–Crippen MR) is 66.9 cm³/mol. The summed E-state index contributed by atoms with van der Waals surface area (Å²) in [4.78, 5) is 12.1. The minimum absolute atomic E-state index is 0.0443. The molecule has 0 spiro atoms. The zero-order valence-electron chi connectivity index (χ0n) is 9.46. The van der Waals surface area contributed by atoms with Crippen molar-refractivity contribution >= 4 is 5.78 Å². The fourth-order valence-electron chi connectivity index (χ4n) is 2.45. The number of furan rings is 1. The monoisotopic (exact) mass is 235 g/mol. The summed E-state index contributed by atoms with van der Waals surface area (Å²) >= 11 is 0. The van der Waals surface area contributed by atoms with Gasteiger partial charge < -0.3 is 8.98 Å². The van der Waals surface area contributed by atoms with Gasteiger partial charge in [0.1, 0.15) is 12.0 Å². The Labute approximate surface area is 103 Å². The minimum Gasteiger partial charge on any atom is -0.458 e. The van der Waals surface area contributed by atoms with Gasteiger partial charge in [0, 0.05) is 11.8 Å². The van der Waals surface area contributed by atoms with Gasteiger partial charge >= 0.3 is 0 Å². The van der Waals surface area contributed by atoms with E-state index < -0.39 is 0 Å². The Balaban J connectivity index is 2.03. The van der Waals surface area contributed by atoms with E-state index in [0.717, 1.165) is 16.8 Å². The van der Waals surface area contributed by atoms with E-state index in [0.29, 0.717) is 11.5 Å². The molecule has 0 radical (unpaired) electrons. The second kappa shape index (κ2) is 3.23. The third-order valence-electron chi connectivity index (χ3n) is 3.28. The number of nitrogens with zero attached hydrogens (tertiary/aromatic N) is 1. The van der Waals surface area contributed by atoms with E-state index in [9.17, 15) is 4.79 Å². The van der Waals surface area contributed by atoms with Crippen molar-refractivity contribution in [1.82, 2.24) is 4.57 Å². The molecule has 3 aromatic rings. The summed E-state index contributed by atoms with van der Waals surface area (Å²) in [6.07, 6.45) is 3.54. The van der Waals surface area contributed by atoms with E-state index >= 15 is 0 Å². The van der Waals surface area contributed by atoms with Gasteiger partial charge in [0.05, 0.1) is 5.69 Å². The van der Waals surface area contributed by atoms with Gasteiger partial charge in [-0.1, -0.05) is 30.3 Å². The van der Waals surface area contributed by atoms with Crippen LogP contribution in [0.5, 0.6) is 0 Å². The summed E-state index contributed by atoms with van der Waals surface area (Å²) < 4.78 is 7.34. The van der Waals surface area contributed by atoms with Crippen LogP contribution in [0.4, 0.5) is 0 Å². The van der Waals surface area contributed by atoms with Gasteiger partial charge in [-0.15, -0.1) is 0 Å². The van der Waals surface area contributed by atoms with Crippen molar-refractivity contribution in [3.8, 4) is 16.8 Å². The Hall–Kier alpha value is -2.55. The number of carbonyl (C=O) groups excluding carboxylic acids is 1. The molecule has 0 fully saturated rings. The molecule has 1 aromatic carbocycles. The number of hydrogen-bond acceptors (Lipinski definition) is 2. The van der Waals surface area contributed by atoms with Crippen LogP contribution in [-0.4, -0.2) is 10.4 Å². The number of benzene rings is 1. The Morgan fingerprint density at radius 2 is 1.83 bits per heavy atom. The molecule has 0 atom stereocenters. The first-order chi connectivity index (χ1) is 8.86. The van der Waals surface area contributed by atoms with Crippen LogP contribution in [0.1, 0.15) is 16.2 Å². The fraction of sp³-hybridized carbons (Fsp3) is 0. The van der Waals surface area contributed by atoms with Gasteiger partial charge in [0.25, 0.3) is 0 Å². The van der Waals surface area contributed by atoms with E-state index in [4.69, 9.17) is 4.42 Å². The molecule has 0 unspecified atom stereocenters. The van der Waals surface area contributed by atoms with Crippen molar-refractivity contribution in [3.63, 3.8) is 0 Å². The maximum Gasteiger partial charge on any atom is 0.247 e. The highest BCUT2D eigenvalue weighted by Crippen LogP contribution is 2.37. The second-order valence-electron chi connectivity index (χ2n) is 4.29. The normalized spacial score (nSPS) is 12.6. The van der Waals surface area contributed by atoms with Crippen molar-refractivity contribution in [2.24, 2.45) is 0 Å². The van der Waals surface area contributed by atoms with Crippen molar-refractivity contribution in [1.29, 1.82) is 0 Å². The molecule has 1 aliphatic heterocycles. The smallest absolute Gasteiger partial charge is 0.247 e. The van der Waals surface area contributed by atoms with Crippen LogP contribution in [-0.2, 0) is 0 Å². The van der Waals surface area contributed by atoms with Gasteiger partial charge in [0.2, 0.25) is 11.5 Å². The number of hydrogen-bond donors (Lipinski definition) is 0. The summed E-state index contributed by atoms with van der Waals surface area (Å²) in [6.45, 7) is 0. The molecule has 0 aliphatic carbocycles. The van der Waals surface area contributed by atoms with Crippen molar-refractivity contribution in [2.75, 3.05) is 0 Å². The molecular formula is C15H9NO2. The highest BCUT2D eigenvalue weighted by Gasteiger charge is 2.32. The molecule has 18 heavy (non-hydrogen) atoms. The molecule has 4 rings (SSSR count). The summed E-state index contributed by atoms with van der Waals surface area (Å²) in [5, 5.41) is 0. The van der Waals surface area contributed by atoms with Crippen LogP contribution >= 0.6 is 0 Å². The van der Waals surface area contributed by atoms with E-state index in [1.54, 1.807) is 6.26 Å². The van der Waals surface area contributed by atoms with Crippen LogP contribution < -0.4 is 0 Å². The first-order valence-corrected chi connectivity index (χ1v) is 5.75.